The lowest BCUT2D eigenvalue weighted by Crippen LogP contribution is -2.14. The van der Waals surface area contributed by atoms with Crippen LogP contribution < -0.4 is 11.1 Å². The fourth-order valence-corrected chi connectivity index (χ4v) is 2.51. The maximum atomic E-state index is 12.1. The Bertz CT molecular complexity index is 601. The minimum atomic E-state index is -0.303. The summed E-state index contributed by atoms with van der Waals surface area (Å²) in [6.45, 7) is 0. The van der Waals surface area contributed by atoms with Crippen LogP contribution in [-0.2, 0) is 0 Å². The quantitative estimate of drug-likeness (QED) is 0.706. The van der Waals surface area contributed by atoms with Crippen LogP contribution in [-0.4, -0.2) is 22.9 Å². The molecule has 0 aliphatic rings. The van der Waals surface area contributed by atoms with Gasteiger partial charge in [-0.25, -0.2) is 4.98 Å². The molecule has 5 nitrogen and oxygen atoms in total. The lowest BCUT2D eigenvalue weighted by atomic mass is 10.2. The molecule has 21 heavy (non-hydrogen) atoms. The molecule has 112 valence electrons. The lowest BCUT2D eigenvalue weighted by Gasteiger charge is -2.05. The molecule has 3 N–H and O–H groups in total. The number of halogens is 1. The van der Waals surface area contributed by atoms with E-state index in [0.717, 1.165) is 21.4 Å². The molecule has 2 rings (SSSR count). The van der Waals surface area contributed by atoms with E-state index in [1.807, 2.05) is 30.5 Å². The number of thioether (sulfide) groups is 1. The number of carbonyl (C=O) groups excluding carboxylic acids is 1. The third kappa shape index (κ3) is 4.72. The minimum Gasteiger partial charge on any atom is -0.446 e. The van der Waals surface area contributed by atoms with Crippen LogP contribution in [0.25, 0.3) is 0 Å². The highest BCUT2D eigenvalue weighted by Crippen LogP contribution is 2.17. The number of hydrogen-bond donors (Lipinski definition) is 2. The second-order valence-corrected chi connectivity index (χ2v) is 6.65. The van der Waals surface area contributed by atoms with Crippen molar-refractivity contribution in [2.24, 2.45) is 5.73 Å². The first-order chi connectivity index (χ1) is 10.1. The summed E-state index contributed by atoms with van der Waals surface area (Å²) in [6.07, 6.45) is 4.12. The van der Waals surface area contributed by atoms with Crippen LogP contribution in [0, 0.1) is 3.57 Å². The van der Waals surface area contributed by atoms with Gasteiger partial charge < -0.3 is 15.5 Å². The van der Waals surface area contributed by atoms with Crippen molar-refractivity contribution < 1.29 is 9.21 Å². The number of hydrogen-bond acceptors (Lipinski definition) is 5. The van der Waals surface area contributed by atoms with Crippen LogP contribution in [0.1, 0.15) is 28.8 Å². The van der Waals surface area contributed by atoms with Gasteiger partial charge in [-0.3, -0.25) is 4.79 Å². The van der Waals surface area contributed by atoms with Gasteiger partial charge in [0, 0.05) is 9.26 Å². The third-order valence-corrected chi connectivity index (χ3v) is 4.17. The van der Waals surface area contributed by atoms with E-state index in [9.17, 15) is 4.79 Å². The number of oxazole rings is 1. The Kier molecular flexibility index (Phi) is 6.07. The molecule has 7 heteroatoms. The fourth-order valence-electron chi connectivity index (χ4n) is 1.66. The Morgan fingerprint density at radius 3 is 2.86 bits per heavy atom. The van der Waals surface area contributed by atoms with Gasteiger partial charge in [-0.1, -0.05) is 0 Å². The zero-order chi connectivity index (χ0) is 15.2. The van der Waals surface area contributed by atoms with Gasteiger partial charge in [0.15, 0.2) is 5.69 Å². The molecular formula is C14H16IN3O2S. The Hall–Kier alpha value is -1.06. The van der Waals surface area contributed by atoms with Crippen molar-refractivity contribution in [3.8, 4) is 0 Å². The van der Waals surface area contributed by atoms with Crippen LogP contribution in [0.4, 0.5) is 5.69 Å². The molecule has 1 heterocycles. The molecule has 0 aliphatic heterocycles. The molecule has 1 unspecified atom stereocenters. The van der Waals surface area contributed by atoms with Gasteiger partial charge >= 0.3 is 0 Å². The zero-order valence-electron chi connectivity index (χ0n) is 11.5. The highest BCUT2D eigenvalue weighted by Gasteiger charge is 2.16. The number of carbonyl (C=O) groups is 1. The number of nitrogens with one attached hydrogen (secondary N) is 1. The van der Waals surface area contributed by atoms with Crippen LogP contribution in [0.5, 0.6) is 0 Å². The molecular weight excluding hydrogens is 401 g/mol. The van der Waals surface area contributed by atoms with Crippen LogP contribution in [0.15, 0.2) is 34.9 Å². The summed E-state index contributed by atoms with van der Waals surface area (Å²) in [5.41, 5.74) is 6.92. The van der Waals surface area contributed by atoms with Crippen molar-refractivity contribution in [2.75, 3.05) is 17.3 Å². The summed E-state index contributed by atoms with van der Waals surface area (Å²) in [6, 6.07) is 7.23. The highest BCUT2D eigenvalue weighted by molar-refractivity contribution is 14.1. The largest absolute Gasteiger partial charge is 0.446 e. The van der Waals surface area contributed by atoms with E-state index in [2.05, 4.69) is 32.9 Å². The van der Waals surface area contributed by atoms with Crippen molar-refractivity contribution in [1.29, 1.82) is 0 Å². The molecule has 1 aromatic heterocycles. The first-order valence-electron chi connectivity index (χ1n) is 6.37. The van der Waals surface area contributed by atoms with Crippen molar-refractivity contribution in [3.63, 3.8) is 0 Å². The topological polar surface area (TPSA) is 81.1 Å². The number of nitrogens with zero attached hydrogens (tertiary/aromatic N) is 1. The van der Waals surface area contributed by atoms with Gasteiger partial charge in [0.05, 0.1) is 6.04 Å². The van der Waals surface area contributed by atoms with E-state index in [0.29, 0.717) is 5.89 Å². The predicted octanol–water partition coefficient (Wildman–Crippen LogP) is 3.28. The van der Waals surface area contributed by atoms with E-state index in [4.69, 9.17) is 10.2 Å². The molecule has 0 aliphatic carbocycles. The normalized spacial score (nSPS) is 12.1. The predicted molar refractivity (Wildman–Crippen MR) is 93.5 cm³/mol. The summed E-state index contributed by atoms with van der Waals surface area (Å²) in [5, 5.41) is 2.77. The number of aromatic nitrogens is 1. The summed E-state index contributed by atoms with van der Waals surface area (Å²) in [5.74, 6) is 1.02. The molecule has 1 amide bonds. The lowest BCUT2D eigenvalue weighted by molar-refractivity contribution is 0.102. The van der Waals surface area contributed by atoms with Crippen LogP contribution >= 0.6 is 34.4 Å². The summed E-state index contributed by atoms with van der Waals surface area (Å²) < 4.78 is 6.40. The second-order valence-electron chi connectivity index (χ2n) is 4.42. The Morgan fingerprint density at radius 1 is 1.48 bits per heavy atom. The number of amides is 1. The average molecular weight is 417 g/mol. The molecule has 0 spiro atoms. The van der Waals surface area contributed by atoms with Crippen LogP contribution in [0.3, 0.4) is 0 Å². The maximum Gasteiger partial charge on any atom is 0.277 e. The third-order valence-electron chi connectivity index (χ3n) is 2.81. The van der Waals surface area contributed by atoms with Crippen molar-refractivity contribution in [1.82, 2.24) is 4.98 Å². The van der Waals surface area contributed by atoms with Gasteiger partial charge in [-0.05, 0) is 65.3 Å². The van der Waals surface area contributed by atoms with Gasteiger partial charge in [0.25, 0.3) is 5.91 Å². The summed E-state index contributed by atoms with van der Waals surface area (Å²) in [7, 11) is 0. The van der Waals surface area contributed by atoms with E-state index in [1.54, 1.807) is 11.8 Å². The van der Waals surface area contributed by atoms with E-state index >= 15 is 0 Å². The average Bonchev–Trinajstić information content (AvgIpc) is 2.97. The van der Waals surface area contributed by atoms with E-state index in [1.165, 1.54) is 6.26 Å². The van der Waals surface area contributed by atoms with Crippen molar-refractivity contribution in [3.05, 3.63) is 45.7 Å². The molecule has 0 fully saturated rings. The van der Waals surface area contributed by atoms with Gasteiger partial charge in [-0.15, -0.1) is 0 Å². The maximum absolute atomic E-state index is 12.1. The van der Waals surface area contributed by atoms with E-state index < -0.39 is 0 Å². The zero-order valence-corrected chi connectivity index (χ0v) is 14.5. The summed E-state index contributed by atoms with van der Waals surface area (Å²) in [4.78, 5) is 16.2. The second kappa shape index (κ2) is 7.81. The van der Waals surface area contributed by atoms with Crippen LogP contribution in [0.2, 0.25) is 0 Å². The number of benzene rings is 1. The van der Waals surface area contributed by atoms with Crippen molar-refractivity contribution >= 4 is 45.9 Å². The summed E-state index contributed by atoms with van der Waals surface area (Å²) >= 11 is 3.92. The van der Waals surface area contributed by atoms with Gasteiger partial charge in [0.1, 0.15) is 6.26 Å². The monoisotopic (exact) mass is 417 g/mol. The molecule has 0 radical (unpaired) electrons. The molecule has 0 saturated carbocycles. The first-order valence-corrected chi connectivity index (χ1v) is 8.84. The Labute approximate surface area is 141 Å². The van der Waals surface area contributed by atoms with Gasteiger partial charge in [-0.2, -0.15) is 11.8 Å². The van der Waals surface area contributed by atoms with Gasteiger partial charge in [0.2, 0.25) is 5.89 Å². The molecule has 1 atom stereocenters. The Balaban J connectivity index is 2.00. The molecule has 0 bridgehead atoms. The van der Waals surface area contributed by atoms with Crippen molar-refractivity contribution in [2.45, 2.75) is 12.5 Å². The smallest absolute Gasteiger partial charge is 0.277 e. The van der Waals surface area contributed by atoms with E-state index in [-0.39, 0.29) is 17.6 Å². The number of anilines is 1. The minimum absolute atomic E-state index is 0.239. The Morgan fingerprint density at radius 2 is 2.19 bits per heavy atom. The highest BCUT2D eigenvalue weighted by atomic mass is 127. The first kappa shape index (κ1) is 16.3. The SMILES string of the molecule is CSCCC(N)c1nc(C(=O)Nc2ccc(I)cc2)co1. The molecule has 2 aromatic rings. The fraction of sp³-hybridized carbons (Fsp3) is 0.286. The number of nitrogens with two attached hydrogens (primary N) is 1. The standard InChI is InChI=1S/C14H16IN3O2S/c1-21-7-6-11(16)14-18-12(8-20-14)13(19)17-10-4-2-9(15)3-5-10/h2-5,8,11H,6-7,16H2,1H3,(H,17,19). The number of rotatable bonds is 6. The molecule has 1 aromatic carbocycles. The molecule has 0 saturated heterocycles.